The van der Waals surface area contributed by atoms with E-state index in [0.717, 1.165) is 62.1 Å². The lowest BCUT2D eigenvalue weighted by Gasteiger charge is -2.42. The van der Waals surface area contributed by atoms with Gasteiger partial charge >= 0.3 is 0 Å². The molecule has 5 N–H and O–H groups in total. The van der Waals surface area contributed by atoms with Gasteiger partial charge in [0.15, 0.2) is 0 Å². The number of nitrogens with zero attached hydrogens (tertiary/aromatic N) is 3. The molecule has 1 aromatic carbocycles. The van der Waals surface area contributed by atoms with Crippen LogP contribution in [-0.2, 0) is 22.6 Å². The van der Waals surface area contributed by atoms with Crippen LogP contribution >= 0.6 is 0 Å². The van der Waals surface area contributed by atoms with Crippen LogP contribution in [0.3, 0.4) is 0 Å². The van der Waals surface area contributed by atoms with E-state index in [0.29, 0.717) is 18.4 Å². The first-order valence-electron chi connectivity index (χ1n) is 22.0. The first-order valence-corrected chi connectivity index (χ1v) is 22.0. The van der Waals surface area contributed by atoms with Gasteiger partial charge in [-0.15, -0.1) is 0 Å². The number of hydrogen-bond donors (Lipinski definition) is 5. The summed E-state index contributed by atoms with van der Waals surface area (Å²) in [5.74, 6) is 1.79. The largest absolute Gasteiger partial charge is 0.384 e. The highest BCUT2D eigenvalue weighted by Gasteiger charge is 2.53. The van der Waals surface area contributed by atoms with Crippen LogP contribution in [0.15, 0.2) is 66.9 Å². The maximum absolute atomic E-state index is 6.35. The third-order valence-corrected chi connectivity index (χ3v) is 11.4. The highest BCUT2D eigenvalue weighted by molar-refractivity contribution is 5.47. The van der Waals surface area contributed by atoms with Gasteiger partial charge in [0.2, 0.25) is 0 Å². The molecule has 324 valence electrons. The molecule has 5 atom stereocenters. The zero-order valence-corrected chi connectivity index (χ0v) is 36.8. The minimum atomic E-state index is -0.178. The monoisotopic (exact) mass is 793 g/mol. The summed E-state index contributed by atoms with van der Waals surface area (Å²) in [7, 11) is 5.64. The maximum atomic E-state index is 6.35. The Labute approximate surface area is 350 Å². The zero-order chi connectivity index (χ0) is 40.9. The Hall–Kier alpha value is -3.12. The van der Waals surface area contributed by atoms with Gasteiger partial charge in [-0.1, -0.05) is 102 Å². The molecule has 0 amide bonds. The minimum Gasteiger partial charge on any atom is -0.384 e. The van der Waals surface area contributed by atoms with E-state index < -0.39 is 0 Å². The molecule has 0 radical (unpaired) electrons. The predicted octanol–water partition coefficient (Wildman–Crippen LogP) is 9.55. The number of fused-ring (bicyclic) bond motifs is 1. The number of benzene rings is 1. The number of ether oxygens (including phenoxy) is 2. The Morgan fingerprint density at radius 2 is 1.47 bits per heavy atom. The standard InChI is InChI=1S/C30H48N6O2.C10H20.C7H10N2.3H2/c1-8-21(18-37-7)22-12-14-23(15-13-22)34-28-32-17-25-27(35-28)36(19-30(25,5)20-38-29(2,3)4)26-11-9-10-24(33-26)16-31-6;1-2-4-6-8-10-9-7-5-3-1;1-8-6-7-4-2-3-5-9-7;;;/h9-15,21,25,27-28,31-32,34-35H,8,16-20H2,1-7H3;1-10H2;2-5,8H,6H2,1H3;3*1H/t21-,25?,27?,28?,30-;;;;;/m0...../s1. The Balaban J connectivity index is 0.000000672. The summed E-state index contributed by atoms with van der Waals surface area (Å²) < 4.78 is 11.8. The van der Waals surface area contributed by atoms with Crippen molar-refractivity contribution < 1.29 is 13.8 Å². The van der Waals surface area contributed by atoms with Crippen molar-refractivity contribution in [2.45, 2.75) is 142 Å². The van der Waals surface area contributed by atoms with Crippen molar-refractivity contribution in [1.29, 1.82) is 0 Å². The number of aromatic nitrogens is 2. The van der Waals surface area contributed by atoms with Crippen molar-refractivity contribution >= 4 is 11.5 Å². The van der Waals surface area contributed by atoms with Gasteiger partial charge in [0.05, 0.1) is 36.4 Å². The second-order valence-corrected chi connectivity index (χ2v) is 17.5. The van der Waals surface area contributed by atoms with Crippen molar-refractivity contribution in [3.63, 3.8) is 0 Å². The summed E-state index contributed by atoms with van der Waals surface area (Å²) in [6, 6.07) is 21.0. The molecule has 2 aliphatic heterocycles. The molecule has 3 aliphatic rings. The summed E-state index contributed by atoms with van der Waals surface area (Å²) in [5, 5.41) is 17.5. The normalized spacial score (nSPS) is 23.2. The lowest BCUT2D eigenvalue weighted by molar-refractivity contribution is -0.0581. The Morgan fingerprint density at radius 1 is 0.860 bits per heavy atom. The van der Waals surface area contributed by atoms with Gasteiger partial charge in [-0.05, 0) is 83.2 Å². The van der Waals surface area contributed by atoms with Crippen molar-refractivity contribution in [2.75, 3.05) is 57.7 Å². The van der Waals surface area contributed by atoms with Gasteiger partial charge in [0, 0.05) is 66.7 Å². The van der Waals surface area contributed by atoms with Crippen LogP contribution in [0.25, 0.3) is 0 Å². The number of rotatable bonds is 13. The Bertz CT molecular complexity index is 1490. The molecule has 2 saturated heterocycles. The van der Waals surface area contributed by atoms with Crippen LogP contribution in [0.1, 0.15) is 132 Å². The van der Waals surface area contributed by atoms with E-state index in [1.54, 1.807) is 13.3 Å². The average molecular weight is 793 g/mol. The fourth-order valence-corrected chi connectivity index (χ4v) is 8.12. The first-order chi connectivity index (χ1) is 27.6. The zero-order valence-electron chi connectivity index (χ0n) is 36.8. The lowest BCUT2D eigenvalue weighted by Crippen LogP contribution is -2.65. The van der Waals surface area contributed by atoms with E-state index >= 15 is 0 Å². The molecule has 10 nitrogen and oxygen atoms in total. The number of hydrogen-bond acceptors (Lipinski definition) is 10. The first kappa shape index (κ1) is 46.6. The summed E-state index contributed by atoms with van der Waals surface area (Å²) in [4.78, 5) is 11.5. The van der Waals surface area contributed by atoms with Crippen molar-refractivity contribution in [1.82, 2.24) is 31.2 Å². The fourth-order valence-electron chi connectivity index (χ4n) is 8.12. The highest BCUT2D eigenvalue weighted by atomic mass is 16.5. The topological polar surface area (TPSA) is 108 Å². The van der Waals surface area contributed by atoms with Gasteiger partial charge in [0.25, 0.3) is 0 Å². The molecule has 2 aromatic heterocycles. The van der Waals surface area contributed by atoms with E-state index in [-0.39, 0.29) is 27.8 Å². The van der Waals surface area contributed by atoms with E-state index in [1.807, 2.05) is 32.3 Å². The van der Waals surface area contributed by atoms with Crippen molar-refractivity contribution in [3.8, 4) is 0 Å². The average Bonchev–Trinajstić information content (AvgIpc) is 3.51. The molecule has 0 spiro atoms. The number of methoxy groups -OCH3 is 1. The molecule has 1 saturated carbocycles. The molecule has 1 aliphatic carbocycles. The fraction of sp³-hybridized carbons (Fsp3) is 0.660. The summed E-state index contributed by atoms with van der Waals surface area (Å²) >= 11 is 0. The molecule has 4 heterocycles. The second kappa shape index (κ2) is 24.7. The Morgan fingerprint density at radius 3 is 2.02 bits per heavy atom. The molecule has 10 heteroatoms. The van der Waals surface area contributed by atoms with E-state index in [4.69, 9.17) is 14.5 Å². The van der Waals surface area contributed by atoms with Gasteiger partial charge in [-0.2, -0.15) is 0 Å². The number of nitrogens with one attached hydrogen (secondary N) is 5. The predicted molar refractivity (Wildman–Crippen MR) is 245 cm³/mol. The molecule has 57 heavy (non-hydrogen) atoms. The van der Waals surface area contributed by atoms with Crippen LogP contribution in [-0.4, -0.2) is 75.5 Å². The van der Waals surface area contributed by atoms with Crippen molar-refractivity contribution in [2.24, 2.45) is 11.3 Å². The third kappa shape index (κ3) is 15.9. The summed E-state index contributed by atoms with van der Waals surface area (Å²) in [5.41, 5.74) is 4.32. The molecule has 3 fully saturated rings. The van der Waals surface area contributed by atoms with Crippen molar-refractivity contribution in [3.05, 3.63) is 83.8 Å². The van der Waals surface area contributed by atoms with Gasteiger partial charge in [-0.25, -0.2) is 4.98 Å². The lowest BCUT2D eigenvalue weighted by atomic mass is 9.78. The third-order valence-electron chi connectivity index (χ3n) is 11.4. The van der Waals surface area contributed by atoms with Crippen LogP contribution in [0, 0.1) is 11.3 Å². The molecular formula is C47H84N8O2. The highest BCUT2D eigenvalue weighted by Crippen LogP contribution is 2.43. The second-order valence-electron chi connectivity index (χ2n) is 17.5. The van der Waals surface area contributed by atoms with Crippen LogP contribution in [0.2, 0.25) is 0 Å². The molecule has 3 unspecified atom stereocenters. The van der Waals surface area contributed by atoms with Crippen LogP contribution < -0.4 is 31.5 Å². The molecule has 0 bridgehead atoms. The van der Waals surface area contributed by atoms with Crippen LogP contribution in [0.5, 0.6) is 0 Å². The summed E-state index contributed by atoms with van der Waals surface area (Å²) in [6.45, 7) is 15.8. The Kier molecular flexibility index (Phi) is 20.2. The minimum absolute atomic E-state index is 0. The van der Waals surface area contributed by atoms with E-state index in [9.17, 15) is 0 Å². The molecule has 6 rings (SSSR count). The molecular weight excluding hydrogens is 709 g/mol. The van der Waals surface area contributed by atoms with Crippen LogP contribution in [0.4, 0.5) is 11.5 Å². The smallest absolute Gasteiger partial charge is 0.133 e. The van der Waals surface area contributed by atoms with Gasteiger partial charge in [0.1, 0.15) is 12.1 Å². The number of anilines is 2. The summed E-state index contributed by atoms with van der Waals surface area (Å²) in [6.07, 6.45) is 17.9. The van der Waals surface area contributed by atoms with Gasteiger partial charge < -0.3 is 30.3 Å². The molecule has 3 aromatic rings. The maximum Gasteiger partial charge on any atom is 0.133 e. The number of pyridine rings is 2. The van der Waals surface area contributed by atoms with Gasteiger partial charge in [-0.3, -0.25) is 15.6 Å². The quantitative estimate of drug-likeness (QED) is 0.115. The van der Waals surface area contributed by atoms with E-state index in [1.165, 1.54) is 69.8 Å². The van der Waals surface area contributed by atoms with E-state index in [2.05, 4.69) is 114 Å². The SMILES string of the molecule is C1CCCCCCCCC1.CC[C@@H](COC)c1ccc(NC2NCC3C(N2)N(c2cccc(CNC)n2)C[C@@]3(C)COC(C)(C)C)cc1.CNCc1ccccn1.[HH].[HH].[HH].